The molecule has 1 fully saturated rings. The standard InChI is InChI=1S/C12H19N5O3/c1-12(2,3)20-11(19)17-6-4-16(5-7-17)10(18)9-8-13-15-14-9/h8H,4-7H2,1-3H3,(H,13,14,15). The maximum atomic E-state index is 12.0. The van der Waals surface area contributed by atoms with Crippen molar-refractivity contribution in [2.75, 3.05) is 26.2 Å². The maximum Gasteiger partial charge on any atom is 0.410 e. The molecular weight excluding hydrogens is 262 g/mol. The molecule has 1 aliphatic heterocycles. The fourth-order valence-corrected chi connectivity index (χ4v) is 1.89. The number of carbonyl (C=O) groups is 2. The Morgan fingerprint density at radius 1 is 1.20 bits per heavy atom. The van der Waals surface area contributed by atoms with Gasteiger partial charge in [0.1, 0.15) is 5.60 Å². The average molecular weight is 281 g/mol. The van der Waals surface area contributed by atoms with Crippen LogP contribution < -0.4 is 0 Å². The van der Waals surface area contributed by atoms with E-state index in [-0.39, 0.29) is 17.7 Å². The predicted molar refractivity (Wildman–Crippen MR) is 70.1 cm³/mol. The first-order chi connectivity index (χ1) is 9.37. The molecule has 8 heteroatoms. The van der Waals surface area contributed by atoms with Crippen molar-refractivity contribution in [2.45, 2.75) is 26.4 Å². The second-order valence-corrected chi connectivity index (χ2v) is 5.61. The van der Waals surface area contributed by atoms with Crippen LogP contribution in [0.2, 0.25) is 0 Å². The number of hydrogen-bond acceptors (Lipinski definition) is 5. The highest BCUT2D eigenvalue weighted by molar-refractivity contribution is 5.92. The Kier molecular flexibility index (Phi) is 3.91. The summed E-state index contributed by atoms with van der Waals surface area (Å²) in [5.74, 6) is -0.178. The lowest BCUT2D eigenvalue weighted by molar-refractivity contribution is 0.0140. The van der Waals surface area contributed by atoms with Gasteiger partial charge in [0.2, 0.25) is 0 Å². The van der Waals surface area contributed by atoms with E-state index in [0.717, 1.165) is 0 Å². The van der Waals surface area contributed by atoms with Crippen molar-refractivity contribution < 1.29 is 14.3 Å². The molecule has 0 aliphatic carbocycles. The van der Waals surface area contributed by atoms with Crippen LogP contribution >= 0.6 is 0 Å². The summed E-state index contributed by atoms with van der Waals surface area (Å²) in [6.07, 6.45) is 1.05. The van der Waals surface area contributed by atoms with E-state index in [0.29, 0.717) is 26.2 Å². The first-order valence-electron chi connectivity index (χ1n) is 6.50. The molecule has 2 amide bonds. The molecule has 1 aromatic heterocycles. The molecule has 1 saturated heterocycles. The molecule has 110 valence electrons. The van der Waals surface area contributed by atoms with Crippen LogP contribution in [0.5, 0.6) is 0 Å². The van der Waals surface area contributed by atoms with E-state index in [2.05, 4.69) is 15.4 Å². The molecule has 0 spiro atoms. The van der Waals surface area contributed by atoms with Gasteiger partial charge in [-0.05, 0) is 20.8 Å². The minimum absolute atomic E-state index is 0.178. The topological polar surface area (TPSA) is 91.4 Å². The predicted octanol–water partition coefficient (Wildman–Crippen LogP) is 0.498. The fourth-order valence-electron chi connectivity index (χ4n) is 1.89. The van der Waals surface area contributed by atoms with Gasteiger partial charge in [-0.25, -0.2) is 4.79 Å². The van der Waals surface area contributed by atoms with Crippen LogP contribution in [0.15, 0.2) is 6.20 Å². The second kappa shape index (κ2) is 5.48. The monoisotopic (exact) mass is 281 g/mol. The van der Waals surface area contributed by atoms with Gasteiger partial charge in [0.25, 0.3) is 5.91 Å². The van der Waals surface area contributed by atoms with Crippen LogP contribution in [-0.2, 0) is 4.74 Å². The van der Waals surface area contributed by atoms with E-state index in [1.165, 1.54) is 6.20 Å². The molecule has 0 bridgehead atoms. The van der Waals surface area contributed by atoms with Crippen LogP contribution in [-0.4, -0.2) is 69.0 Å². The van der Waals surface area contributed by atoms with E-state index in [4.69, 9.17) is 4.74 Å². The van der Waals surface area contributed by atoms with Crippen molar-refractivity contribution in [3.63, 3.8) is 0 Å². The Morgan fingerprint density at radius 2 is 1.80 bits per heavy atom. The second-order valence-electron chi connectivity index (χ2n) is 5.61. The van der Waals surface area contributed by atoms with Gasteiger partial charge < -0.3 is 14.5 Å². The van der Waals surface area contributed by atoms with Gasteiger partial charge >= 0.3 is 6.09 Å². The fraction of sp³-hybridized carbons (Fsp3) is 0.667. The zero-order chi connectivity index (χ0) is 14.8. The molecule has 0 unspecified atom stereocenters. The molecule has 0 aromatic carbocycles. The summed E-state index contributed by atoms with van der Waals surface area (Å²) < 4.78 is 5.30. The molecule has 0 saturated carbocycles. The highest BCUT2D eigenvalue weighted by Gasteiger charge is 2.28. The molecule has 20 heavy (non-hydrogen) atoms. The van der Waals surface area contributed by atoms with Crippen molar-refractivity contribution >= 4 is 12.0 Å². The van der Waals surface area contributed by atoms with Gasteiger partial charge in [-0.1, -0.05) is 0 Å². The van der Waals surface area contributed by atoms with E-state index < -0.39 is 5.60 Å². The summed E-state index contributed by atoms with van der Waals surface area (Å²) in [6, 6.07) is 0. The lowest BCUT2D eigenvalue weighted by atomic mass is 10.2. The molecule has 2 rings (SSSR count). The van der Waals surface area contributed by atoms with Crippen molar-refractivity contribution in [1.29, 1.82) is 0 Å². The van der Waals surface area contributed by atoms with Gasteiger partial charge in [0.05, 0.1) is 6.20 Å². The van der Waals surface area contributed by atoms with E-state index in [9.17, 15) is 9.59 Å². The highest BCUT2D eigenvalue weighted by Crippen LogP contribution is 2.12. The van der Waals surface area contributed by atoms with Crippen LogP contribution in [0.4, 0.5) is 4.79 Å². The zero-order valence-corrected chi connectivity index (χ0v) is 11.9. The lowest BCUT2D eigenvalue weighted by Crippen LogP contribution is -2.51. The normalized spacial score (nSPS) is 16.1. The molecule has 0 atom stereocenters. The van der Waals surface area contributed by atoms with Crippen LogP contribution in [0.25, 0.3) is 0 Å². The Balaban J connectivity index is 1.86. The molecule has 1 aromatic rings. The third kappa shape index (κ3) is 3.46. The average Bonchev–Trinajstić information content (AvgIpc) is 2.90. The van der Waals surface area contributed by atoms with E-state index in [1.54, 1.807) is 9.80 Å². The van der Waals surface area contributed by atoms with E-state index in [1.807, 2.05) is 20.8 Å². The summed E-state index contributed by atoms with van der Waals surface area (Å²) in [5.41, 5.74) is -0.221. The quantitative estimate of drug-likeness (QED) is 0.809. The summed E-state index contributed by atoms with van der Waals surface area (Å²) in [5, 5.41) is 9.79. The maximum absolute atomic E-state index is 12.0. The number of aromatic nitrogens is 3. The summed E-state index contributed by atoms with van der Waals surface area (Å²) in [6.45, 7) is 7.33. The minimum atomic E-state index is -0.509. The summed E-state index contributed by atoms with van der Waals surface area (Å²) in [4.78, 5) is 27.2. The highest BCUT2D eigenvalue weighted by atomic mass is 16.6. The van der Waals surface area contributed by atoms with Crippen LogP contribution in [0, 0.1) is 0 Å². The largest absolute Gasteiger partial charge is 0.444 e. The molecule has 0 radical (unpaired) electrons. The number of ether oxygens (including phenoxy) is 1. The number of aromatic amines is 1. The first kappa shape index (κ1) is 14.3. The van der Waals surface area contributed by atoms with Gasteiger partial charge in [0, 0.05) is 26.2 Å². The van der Waals surface area contributed by atoms with Gasteiger partial charge in [-0.3, -0.25) is 4.79 Å². The molecule has 2 heterocycles. The number of carbonyl (C=O) groups excluding carboxylic acids is 2. The Morgan fingerprint density at radius 3 is 2.30 bits per heavy atom. The van der Waals surface area contributed by atoms with Crippen molar-refractivity contribution in [3.05, 3.63) is 11.9 Å². The number of nitrogens with one attached hydrogen (secondary N) is 1. The number of nitrogens with zero attached hydrogens (tertiary/aromatic N) is 4. The number of rotatable bonds is 1. The van der Waals surface area contributed by atoms with Crippen LogP contribution in [0.3, 0.4) is 0 Å². The third-order valence-electron chi connectivity index (χ3n) is 2.85. The molecule has 8 nitrogen and oxygen atoms in total. The van der Waals surface area contributed by atoms with Gasteiger partial charge in [-0.15, -0.1) is 0 Å². The number of amides is 2. The Bertz CT molecular complexity index is 472. The van der Waals surface area contributed by atoms with Crippen molar-refractivity contribution in [1.82, 2.24) is 25.2 Å². The number of piperazine rings is 1. The zero-order valence-electron chi connectivity index (χ0n) is 11.9. The molecule has 1 aliphatic rings. The Hall–Kier alpha value is -2.12. The molecule has 1 N–H and O–H groups in total. The number of hydrogen-bond donors (Lipinski definition) is 1. The first-order valence-corrected chi connectivity index (χ1v) is 6.50. The molecular formula is C12H19N5O3. The van der Waals surface area contributed by atoms with Crippen LogP contribution in [0.1, 0.15) is 31.3 Å². The lowest BCUT2D eigenvalue weighted by Gasteiger charge is -2.35. The minimum Gasteiger partial charge on any atom is -0.444 e. The third-order valence-corrected chi connectivity index (χ3v) is 2.85. The summed E-state index contributed by atoms with van der Waals surface area (Å²) in [7, 11) is 0. The number of H-pyrrole nitrogens is 1. The van der Waals surface area contributed by atoms with E-state index >= 15 is 0 Å². The van der Waals surface area contributed by atoms with Gasteiger partial charge in [0.15, 0.2) is 5.69 Å². The SMILES string of the molecule is CC(C)(C)OC(=O)N1CCN(C(=O)c2cn[nH]n2)CC1. The van der Waals surface area contributed by atoms with Gasteiger partial charge in [-0.2, -0.15) is 15.4 Å². The Labute approximate surface area is 117 Å². The van der Waals surface area contributed by atoms with Crippen molar-refractivity contribution in [3.8, 4) is 0 Å². The van der Waals surface area contributed by atoms with Crippen molar-refractivity contribution in [2.24, 2.45) is 0 Å². The smallest absolute Gasteiger partial charge is 0.410 e. The summed E-state index contributed by atoms with van der Waals surface area (Å²) >= 11 is 0.